The summed E-state index contributed by atoms with van der Waals surface area (Å²) in [5, 5.41) is 0.598. The molecule has 2 aliphatic heterocycles. The van der Waals surface area contributed by atoms with Gasteiger partial charge >= 0.3 is 16.4 Å². The summed E-state index contributed by atoms with van der Waals surface area (Å²) in [4.78, 5) is 30.3. The van der Waals surface area contributed by atoms with E-state index >= 15 is 0 Å². The minimum atomic E-state index is -4.78. The Balaban J connectivity index is 1.95. The second kappa shape index (κ2) is 6.77. The van der Waals surface area contributed by atoms with Crippen LogP contribution in [0, 0.1) is 0 Å². The first-order valence-corrected chi connectivity index (χ1v) is 8.38. The van der Waals surface area contributed by atoms with E-state index in [1.165, 1.54) is 4.90 Å². The molecule has 0 aliphatic carbocycles. The Morgan fingerprint density at radius 3 is 2.82 bits per heavy atom. The highest BCUT2D eigenvalue weighted by atomic mass is 32.3. The van der Waals surface area contributed by atoms with Crippen LogP contribution in [0.15, 0.2) is 0 Å². The van der Waals surface area contributed by atoms with Crippen LogP contribution in [0.25, 0.3) is 0 Å². The zero-order valence-corrected chi connectivity index (χ0v) is 12.9. The molecule has 0 aromatic heterocycles. The van der Waals surface area contributed by atoms with Crippen molar-refractivity contribution in [2.75, 3.05) is 13.2 Å². The molecule has 2 rings (SSSR count). The van der Waals surface area contributed by atoms with E-state index in [9.17, 15) is 18.0 Å². The van der Waals surface area contributed by atoms with Gasteiger partial charge in [0.15, 0.2) is 0 Å². The number of hydrogen-bond acceptors (Lipinski definition) is 6. The number of urea groups is 1. The summed E-state index contributed by atoms with van der Waals surface area (Å²) in [6.07, 6.45) is 2.45. The Morgan fingerprint density at radius 2 is 2.18 bits per heavy atom. The van der Waals surface area contributed by atoms with E-state index < -0.39 is 34.4 Å². The number of nitrogens with zero attached hydrogens (tertiary/aromatic N) is 2. The lowest BCUT2D eigenvalue weighted by atomic mass is 10.0. The average molecular weight is 337 g/mol. The molecule has 2 saturated heterocycles. The number of amides is 3. The molecule has 2 N–H and O–H groups in total. The van der Waals surface area contributed by atoms with Gasteiger partial charge in [0.1, 0.15) is 6.04 Å². The third kappa shape index (κ3) is 3.85. The topological polar surface area (TPSA) is 125 Å². The zero-order chi connectivity index (χ0) is 16.3. The van der Waals surface area contributed by atoms with E-state index in [1.54, 1.807) is 0 Å². The summed E-state index contributed by atoms with van der Waals surface area (Å²) in [6.45, 7) is 2.52. The summed E-state index contributed by atoms with van der Waals surface area (Å²) in [5.41, 5.74) is 2.29. The van der Waals surface area contributed by atoms with Crippen molar-refractivity contribution in [3.63, 3.8) is 0 Å². The smallest absolute Gasteiger partial charge is 0.309 e. The quantitative estimate of drug-likeness (QED) is 0.375. The van der Waals surface area contributed by atoms with Crippen molar-refractivity contribution in [1.82, 2.24) is 15.4 Å². The molecule has 0 spiro atoms. The van der Waals surface area contributed by atoms with Crippen LogP contribution in [0.2, 0.25) is 0 Å². The van der Waals surface area contributed by atoms with Crippen LogP contribution in [0.3, 0.4) is 0 Å². The Labute approximate surface area is 128 Å². The van der Waals surface area contributed by atoms with Crippen LogP contribution in [0.5, 0.6) is 0 Å². The predicted molar refractivity (Wildman–Crippen MR) is 72.4 cm³/mol. The number of nitrogens with one attached hydrogen (secondary N) is 1. The van der Waals surface area contributed by atoms with Crippen LogP contribution in [-0.4, -0.2) is 60.1 Å². The SMILES string of the molecule is CCCCONC(=O)[C@@H]1CC[C@@H]2CN1C(=O)N2OS(=O)(=O)O. The molecule has 126 valence electrons. The Kier molecular flexibility index (Phi) is 5.21. The number of unbranched alkanes of at least 4 members (excludes halogenated alkanes) is 1. The molecule has 2 aliphatic rings. The minimum Gasteiger partial charge on any atom is -0.309 e. The van der Waals surface area contributed by atoms with E-state index in [0.29, 0.717) is 24.5 Å². The second-order valence-electron chi connectivity index (χ2n) is 5.18. The Bertz CT molecular complexity index is 538. The van der Waals surface area contributed by atoms with Crippen molar-refractivity contribution < 1.29 is 31.7 Å². The number of carbonyl (C=O) groups excluding carboxylic acids is 2. The third-order valence-corrected chi connectivity index (χ3v) is 3.92. The standard InChI is InChI=1S/C11H19N3O7S/c1-2-3-6-20-12-10(15)9-5-4-8-7-13(9)11(16)14(8)21-22(17,18)19/h8-9H,2-7H2,1H3,(H,12,15)(H,17,18,19)/t8-,9+/m1/s1. The minimum absolute atomic E-state index is 0.154. The number of hydroxylamine groups is 3. The highest BCUT2D eigenvalue weighted by Crippen LogP contribution is 2.30. The molecular formula is C11H19N3O7S. The molecule has 3 amide bonds. The fourth-order valence-corrected chi connectivity index (χ4v) is 2.90. The van der Waals surface area contributed by atoms with Gasteiger partial charge in [-0.1, -0.05) is 13.3 Å². The van der Waals surface area contributed by atoms with Gasteiger partial charge < -0.3 is 4.90 Å². The van der Waals surface area contributed by atoms with Gasteiger partial charge in [-0.15, -0.1) is 4.28 Å². The van der Waals surface area contributed by atoms with Gasteiger partial charge in [0.05, 0.1) is 12.6 Å². The Hall–Kier alpha value is -1.43. The van der Waals surface area contributed by atoms with Crippen molar-refractivity contribution in [2.45, 2.75) is 44.7 Å². The van der Waals surface area contributed by atoms with E-state index in [4.69, 9.17) is 9.39 Å². The molecule has 2 heterocycles. The zero-order valence-electron chi connectivity index (χ0n) is 12.1. The maximum Gasteiger partial charge on any atom is 0.418 e. The van der Waals surface area contributed by atoms with Crippen molar-refractivity contribution in [3.05, 3.63) is 0 Å². The molecule has 2 fully saturated rings. The van der Waals surface area contributed by atoms with Crippen LogP contribution in [0.1, 0.15) is 32.6 Å². The number of rotatable bonds is 7. The first-order chi connectivity index (χ1) is 10.3. The molecule has 0 saturated carbocycles. The fraction of sp³-hybridized carbons (Fsp3) is 0.818. The van der Waals surface area contributed by atoms with Gasteiger partial charge in [-0.3, -0.25) is 14.2 Å². The van der Waals surface area contributed by atoms with Crippen LogP contribution < -0.4 is 5.48 Å². The number of piperidine rings is 1. The third-order valence-electron chi connectivity index (χ3n) is 3.57. The monoisotopic (exact) mass is 337 g/mol. The lowest BCUT2D eigenvalue weighted by molar-refractivity contribution is -0.139. The summed E-state index contributed by atoms with van der Waals surface area (Å²) in [6, 6.07) is -2.03. The summed E-state index contributed by atoms with van der Waals surface area (Å²) >= 11 is 0. The van der Waals surface area contributed by atoms with Crippen molar-refractivity contribution in [2.24, 2.45) is 0 Å². The maximum atomic E-state index is 12.1. The van der Waals surface area contributed by atoms with Crippen LogP contribution >= 0.6 is 0 Å². The number of fused-ring (bicyclic) bond motifs is 2. The second-order valence-corrected chi connectivity index (χ2v) is 6.18. The molecule has 0 aromatic rings. The summed E-state index contributed by atoms with van der Waals surface area (Å²) < 4.78 is 34.5. The largest absolute Gasteiger partial charge is 0.418 e. The molecule has 0 aromatic carbocycles. The summed E-state index contributed by atoms with van der Waals surface area (Å²) in [5.74, 6) is -0.461. The number of carbonyl (C=O) groups is 2. The van der Waals surface area contributed by atoms with Gasteiger partial charge in [-0.2, -0.15) is 13.5 Å². The molecular weight excluding hydrogens is 318 g/mol. The molecule has 22 heavy (non-hydrogen) atoms. The van der Waals surface area contributed by atoms with Gasteiger partial charge in [-0.25, -0.2) is 10.3 Å². The lowest BCUT2D eigenvalue weighted by Gasteiger charge is -2.28. The van der Waals surface area contributed by atoms with Crippen molar-refractivity contribution in [1.29, 1.82) is 0 Å². The first kappa shape index (κ1) is 16.9. The van der Waals surface area contributed by atoms with Crippen molar-refractivity contribution >= 4 is 22.3 Å². The highest BCUT2D eigenvalue weighted by molar-refractivity contribution is 7.80. The fourth-order valence-electron chi connectivity index (χ4n) is 2.51. The van der Waals surface area contributed by atoms with Crippen molar-refractivity contribution in [3.8, 4) is 0 Å². The predicted octanol–water partition coefficient (Wildman–Crippen LogP) is -0.163. The molecule has 10 nitrogen and oxygen atoms in total. The van der Waals surface area contributed by atoms with Gasteiger partial charge in [0, 0.05) is 6.54 Å². The molecule has 11 heteroatoms. The van der Waals surface area contributed by atoms with E-state index in [1.807, 2.05) is 6.92 Å². The van der Waals surface area contributed by atoms with Gasteiger partial charge in [-0.05, 0) is 19.3 Å². The van der Waals surface area contributed by atoms with Crippen LogP contribution in [0.4, 0.5) is 4.79 Å². The molecule has 0 unspecified atom stereocenters. The molecule has 0 radical (unpaired) electrons. The normalized spacial score (nSPS) is 24.7. The Morgan fingerprint density at radius 1 is 1.45 bits per heavy atom. The molecule has 2 bridgehead atoms. The average Bonchev–Trinajstić information content (AvgIpc) is 2.67. The summed E-state index contributed by atoms with van der Waals surface area (Å²) in [7, 11) is -4.78. The lowest BCUT2D eigenvalue weighted by Crippen LogP contribution is -2.49. The van der Waals surface area contributed by atoms with Gasteiger partial charge in [0.25, 0.3) is 5.91 Å². The van der Waals surface area contributed by atoms with E-state index in [0.717, 1.165) is 12.8 Å². The van der Waals surface area contributed by atoms with Gasteiger partial charge in [0.2, 0.25) is 0 Å². The number of hydrogen-bond donors (Lipinski definition) is 2. The first-order valence-electron chi connectivity index (χ1n) is 7.02. The van der Waals surface area contributed by atoms with Crippen LogP contribution in [-0.2, 0) is 24.3 Å². The highest BCUT2D eigenvalue weighted by Gasteiger charge is 2.49. The van der Waals surface area contributed by atoms with E-state index in [2.05, 4.69) is 9.76 Å². The maximum absolute atomic E-state index is 12.1. The van der Waals surface area contributed by atoms with E-state index in [-0.39, 0.29) is 6.54 Å². The molecule has 2 atom stereocenters.